The van der Waals surface area contributed by atoms with Crippen LogP contribution in [0.25, 0.3) is 0 Å². The number of carbonyl (C=O) groups excluding carboxylic acids is 3. The van der Waals surface area contributed by atoms with Crippen LogP contribution in [0.2, 0.25) is 0 Å². The van der Waals surface area contributed by atoms with Crippen molar-refractivity contribution in [3.63, 3.8) is 0 Å². The molecule has 8 nitrogen and oxygen atoms in total. The standard InChI is InChI=1S/C8H14BO4P2.C8H12BO4P2/c2*10-3-5-4-1-8(11)12-6(4)2-7(5)13-15-9-14/h4-7,10,15H,1-3,14H2;3-7,15H,1-2,14H2/t2*4-,5-,6+,7-/m11/s1. The number of hydrogen-bond donors (Lipinski definition) is 1. The summed E-state index contributed by atoms with van der Waals surface area (Å²) < 4.78 is 21.5. The van der Waals surface area contributed by atoms with Crippen LogP contribution in [0.5, 0.6) is 0 Å². The van der Waals surface area contributed by atoms with E-state index in [0.29, 0.717) is 27.9 Å². The van der Waals surface area contributed by atoms with E-state index < -0.39 is 0 Å². The molecule has 2 aliphatic carbocycles. The van der Waals surface area contributed by atoms with Crippen molar-refractivity contribution in [3.8, 4) is 0 Å². The quantitative estimate of drug-likeness (QED) is 0.230. The molecule has 2 saturated carbocycles. The van der Waals surface area contributed by atoms with Gasteiger partial charge in [-0.1, -0.05) is 0 Å². The van der Waals surface area contributed by atoms with E-state index in [4.69, 9.17) is 18.5 Å². The first kappa shape index (κ1) is 25.0. The lowest BCUT2D eigenvalue weighted by Crippen LogP contribution is -2.24. The monoisotopic (exact) mass is 492 g/mol. The lowest BCUT2D eigenvalue weighted by Gasteiger charge is -2.20. The van der Waals surface area contributed by atoms with Gasteiger partial charge >= 0.3 is 11.9 Å². The van der Waals surface area contributed by atoms with Crippen molar-refractivity contribution in [2.45, 2.75) is 50.1 Å². The normalized spacial score (nSPS) is 39.6. The van der Waals surface area contributed by atoms with Crippen LogP contribution in [0.3, 0.4) is 0 Å². The van der Waals surface area contributed by atoms with Crippen molar-refractivity contribution in [2.75, 3.05) is 6.61 Å². The molecule has 2 saturated heterocycles. The number of aliphatic hydroxyl groups excluding tert-OH is 1. The summed E-state index contributed by atoms with van der Waals surface area (Å²) in [5, 5.41) is 9.31. The Morgan fingerprint density at radius 1 is 1.00 bits per heavy atom. The molecule has 0 aromatic carbocycles. The van der Waals surface area contributed by atoms with Gasteiger partial charge in [0.2, 0.25) is 13.4 Å². The lowest BCUT2D eigenvalue weighted by molar-refractivity contribution is -0.142. The van der Waals surface area contributed by atoms with E-state index in [1.165, 1.54) is 0 Å². The van der Waals surface area contributed by atoms with Gasteiger partial charge in [-0.25, -0.2) is 0 Å². The summed E-state index contributed by atoms with van der Waals surface area (Å²) in [5.41, 5.74) is 0. The molecule has 0 bridgehead atoms. The Morgan fingerprint density at radius 3 is 2.10 bits per heavy atom. The van der Waals surface area contributed by atoms with Gasteiger partial charge < -0.3 is 28.4 Å². The predicted octanol–water partition coefficient (Wildman–Crippen LogP) is 0.843. The molecule has 1 N–H and O–H groups in total. The molecule has 4 unspecified atom stereocenters. The Kier molecular flexibility index (Phi) is 9.98. The fraction of sp³-hybridized carbons (Fsp3) is 0.812. The van der Waals surface area contributed by atoms with E-state index in [2.05, 4.69) is 18.2 Å². The maximum Gasteiger partial charge on any atom is 0.306 e. The third-order valence-electron chi connectivity index (χ3n) is 6.15. The third kappa shape index (κ3) is 5.82. The number of aliphatic hydroxyl groups is 1. The molecule has 14 heteroatoms. The van der Waals surface area contributed by atoms with Crippen molar-refractivity contribution in [2.24, 2.45) is 23.7 Å². The van der Waals surface area contributed by atoms with Crippen molar-refractivity contribution >= 4 is 67.3 Å². The van der Waals surface area contributed by atoms with Gasteiger partial charge in [-0.2, -0.15) is 18.2 Å². The van der Waals surface area contributed by atoms with Crippen molar-refractivity contribution in [1.29, 1.82) is 0 Å². The molecule has 2 radical (unpaired) electrons. The van der Waals surface area contributed by atoms with E-state index in [0.717, 1.165) is 12.7 Å². The second-order valence-corrected chi connectivity index (χ2v) is 11.3. The molecule has 12 atom stereocenters. The fourth-order valence-corrected chi connectivity index (χ4v) is 6.31. The summed E-state index contributed by atoms with van der Waals surface area (Å²) in [6.07, 6.45) is 2.91. The summed E-state index contributed by atoms with van der Waals surface area (Å²) in [6, 6.07) is 0. The number of esters is 2. The Morgan fingerprint density at radius 2 is 1.53 bits per heavy atom. The van der Waals surface area contributed by atoms with Crippen LogP contribution < -0.4 is 0 Å². The van der Waals surface area contributed by atoms with Gasteiger partial charge in [-0.05, 0) is 17.4 Å². The van der Waals surface area contributed by atoms with Crippen LogP contribution in [-0.4, -0.2) is 67.8 Å². The van der Waals surface area contributed by atoms with E-state index in [1.807, 2.05) is 13.4 Å². The van der Waals surface area contributed by atoms with Crippen LogP contribution in [0.15, 0.2) is 0 Å². The zero-order chi connectivity index (χ0) is 21.7. The van der Waals surface area contributed by atoms with E-state index >= 15 is 0 Å². The van der Waals surface area contributed by atoms with Crippen LogP contribution in [0.1, 0.15) is 25.7 Å². The molecular weight excluding hydrogens is 466 g/mol. The highest BCUT2D eigenvalue weighted by molar-refractivity contribution is 7.93. The fourth-order valence-electron chi connectivity index (χ4n) is 4.81. The van der Waals surface area contributed by atoms with Crippen molar-refractivity contribution in [3.05, 3.63) is 0 Å². The second kappa shape index (κ2) is 12.0. The molecule has 0 aromatic heterocycles. The summed E-state index contributed by atoms with van der Waals surface area (Å²) in [5.74, 6) is -0.258. The number of fused-ring (bicyclic) bond motifs is 2. The molecule has 30 heavy (non-hydrogen) atoms. The zero-order valence-electron chi connectivity index (χ0n) is 16.3. The van der Waals surface area contributed by atoms with Gasteiger partial charge in [0.15, 0.2) is 0 Å². The Hall–Kier alpha value is 0.340. The Labute approximate surface area is 185 Å². The van der Waals surface area contributed by atoms with Crippen LogP contribution >= 0.6 is 35.6 Å². The molecule has 0 amide bonds. The van der Waals surface area contributed by atoms with Crippen LogP contribution in [0, 0.1) is 23.7 Å². The average molecular weight is 492 g/mol. The number of aldehydes is 1. The highest BCUT2D eigenvalue weighted by atomic mass is 31.1. The smallest absolute Gasteiger partial charge is 0.306 e. The first-order valence-electron chi connectivity index (χ1n) is 9.86. The molecule has 2 heterocycles. The first-order valence-corrected chi connectivity index (χ1v) is 13.2. The van der Waals surface area contributed by atoms with Crippen LogP contribution in [-0.2, 0) is 32.9 Å². The summed E-state index contributed by atoms with van der Waals surface area (Å²) in [6.45, 7) is 3.81. The second-order valence-electron chi connectivity index (χ2n) is 7.71. The van der Waals surface area contributed by atoms with Crippen molar-refractivity contribution in [1.82, 2.24) is 0 Å². The minimum Gasteiger partial charge on any atom is -0.462 e. The molecule has 0 spiro atoms. The highest BCUT2D eigenvalue weighted by Gasteiger charge is 2.51. The Bertz CT molecular complexity index is 632. The molecule has 4 rings (SSSR count). The predicted molar refractivity (Wildman–Crippen MR) is 123 cm³/mol. The van der Waals surface area contributed by atoms with E-state index in [1.54, 1.807) is 0 Å². The van der Waals surface area contributed by atoms with E-state index in [-0.39, 0.29) is 75.3 Å². The maximum absolute atomic E-state index is 11.1. The van der Waals surface area contributed by atoms with Gasteiger partial charge in [-0.15, -0.1) is 0 Å². The number of carbonyl (C=O) groups is 3. The average Bonchev–Trinajstić information content (AvgIpc) is 3.42. The summed E-state index contributed by atoms with van der Waals surface area (Å²) >= 11 is 0. The number of ether oxygens (including phenoxy) is 2. The van der Waals surface area contributed by atoms with Crippen molar-refractivity contribution < 1.29 is 38.0 Å². The molecular formula is C16H26B2O8P4. The van der Waals surface area contributed by atoms with Crippen LogP contribution in [0.4, 0.5) is 0 Å². The Balaban J connectivity index is 0.000000171. The topological polar surface area (TPSA) is 108 Å². The van der Waals surface area contributed by atoms with Gasteiger partial charge in [0.25, 0.3) is 0 Å². The zero-order valence-corrected chi connectivity index (χ0v) is 20.7. The SMILES string of the molecule is O=C1C[C@@H]2[C@@H](CO)[C@H](OP[B]P)C[C@@H]2O1.O=C[C@@H]1[C@H]2CC(=O)O[C@H]2C[C@H]1OP[B]P. The summed E-state index contributed by atoms with van der Waals surface area (Å²) in [7, 11) is 5.57. The maximum atomic E-state index is 11.1. The first-order chi connectivity index (χ1) is 14.5. The largest absolute Gasteiger partial charge is 0.462 e. The lowest BCUT2D eigenvalue weighted by atomic mass is 9.93. The molecule has 164 valence electrons. The minimum absolute atomic E-state index is 0.0334. The highest BCUT2D eigenvalue weighted by Crippen LogP contribution is 2.45. The summed E-state index contributed by atoms with van der Waals surface area (Å²) in [4.78, 5) is 33.1. The minimum atomic E-state index is -0.185. The van der Waals surface area contributed by atoms with Gasteiger partial charge in [-0.3, -0.25) is 9.59 Å². The number of rotatable bonds is 8. The number of hydrogen-bond acceptors (Lipinski definition) is 8. The molecule has 4 fully saturated rings. The van der Waals surface area contributed by atoms with Gasteiger partial charge in [0.05, 0.1) is 25.0 Å². The molecule has 4 aliphatic rings. The molecule has 2 aliphatic heterocycles. The van der Waals surface area contributed by atoms with E-state index in [9.17, 15) is 19.5 Å². The van der Waals surface area contributed by atoms with Gasteiger partial charge in [0, 0.05) is 43.1 Å². The molecule has 0 aromatic rings. The third-order valence-corrected chi connectivity index (χ3v) is 8.12. The van der Waals surface area contributed by atoms with Gasteiger partial charge in [0.1, 0.15) is 18.5 Å².